The lowest BCUT2D eigenvalue weighted by Gasteiger charge is -2.20. The largest absolute Gasteiger partial charge is 0.369 e. The Morgan fingerprint density at radius 1 is 1.25 bits per heavy atom. The molecule has 16 heavy (non-hydrogen) atoms. The van der Waals surface area contributed by atoms with Gasteiger partial charge in [0.2, 0.25) is 5.91 Å². The van der Waals surface area contributed by atoms with Gasteiger partial charge < -0.3 is 5.73 Å². The summed E-state index contributed by atoms with van der Waals surface area (Å²) in [6, 6.07) is 8.20. The zero-order valence-electron chi connectivity index (χ0n) is 10.6. The fourth-order valence-corrected chi connectivity index (χ4v) is 1.82. The van der Waals surface area contributed by atoms with Crippen molar-refractivity contribution in [2.45, 2.75) is 45.4 Å². The van der Waals surface area contributed by atoms with Gasteiger partial charge in [-0.05, 0) is 23.0 Å². The molecule has 2 N–H and O–H groups in total. The smallest absolute Gasteiger partial charge is 0.224 e. The molecule has 0 heterocycles. The summed E-state index contributed by atoms with van der Waals surface area (Å²) in [5.41, 5.74) is 7.80. The molecule has 0 aliphatic carbocycles. The second kappa shape index (κ2) is 4.69. The van der Waals surface area contributed by atoms with Crippen LogP contribution in [0.15, 0.2) is 24.3 Å². The topological polar surface area (TPSA) is 43.1 Å². The monoisotopic (exact) mass is 219 g/mol. The van der Waals surface area contributed by atoms with Gasteiger partial charge in [-0.1, -0.05) is 52.0 Å². The van der Waals surface area contributed by atoms with Crippen molar-refractivity contribution in [3.8, 4) is 0 Å². The SMILES string of the molecule is CCC(C(N)=O)c1ccc(C(C)(C)C)cc1. The molecule has 1 aromatic rings. The minimum Gasteiger partial charge on any atom is -0.369 e. The van der Waals surface area contributed by atoms with Crippen LogP contribution < -0.4 is 5.73 Å². The Morgan fingerprint density at radius 2 is 1.75 bits per heavy atom. The van der Waals surface area contributed by atoms with E-state index in [0.29, 0.717) is 0 Å². The van der Waals surface area contributed by atoms with Crippen molar-refractivity contribution >= 4 is 5.91 Å². The standard InChI is InChI=1S/C14H21NO/c1-5-12(13(15)16)10-6-8-11(9-7-10)14(2,3)4/h6-9,12H,5H2,1-4H3,(H2,15,16). The minimum atomic E-state index is -0.244. The van der Waals surface area contributed by atoms with Gasteiger partial charge in [-0.3, -0.25) is 4.79 Å². The third-order valence-corrected chi connectivity index (χ3v) is 2.93. The Hall–Kier alpha value is -1.31. The quantitative estimate of drug-likeness (QED) is 0.834. The molecule has 0 aromatic heterocycles. The predicted octanol–water partition coefficient (Wildman–Crippen LogP) is 2.96. The molecule has 0 aliphatic rings. The van der Waals surface area contributed by atoms with Gasteiger partial charge in [0.25, 0.3) is 0 Å². The van der Waals surface area contributed by atoms with Crippen LogP contribution in [0, 0.1) is 0 Å². The minimum absolute atomic E-state index is 0.146. The highest BCUT2D eigenvalue weighted by molar-refractivity contribution is 5.81. The Balaban J connectivity index is 2.98. The van der Waals surface area contributed by atoms with Crippen molar-refractivity contribution in [1.29, 1.82) is 0 Å². The van der Waals surface area contributed by atoms with E-state index in [-0.39, 0.29) is 17.2 Å². The van der Waals surface area contributed by atoms with E-state index in [1.807, 2.05) is 19.1 Å². The van der Waals surface area contributed by atoms with Crippen molar-refractivity contribution in [2.24, 2.45) is 5.73 Å². The van der Waals surface area contributed by atoms with Gasteiger partial charge in [0.05, 0.1) is 5.92 Å². The summed E-state index contributed by atoms with van der Waals surface area (Å²) in [5.74, 6) is -0.403. The molecule has 0 radical (unpaired) electrons. The molecule has 0 spiro atoms. The van der Waals surface area contributed by atoms with Crippen molar-refractivity contribution in [3.63, 3.8) is 0 Å². The number of rotatable bonds is 3. The van der Waals surface area contributed by atoms with E-state index in [9.17, 15) is 4.79 Å². The lowest BCUT2D eigenvalue weighted by Crippen LogP contribution is -2.21. The number of primary amides is 1. The molecule has 0 fully saturated rings. The molecule has 1 rings (SSSR count). The second-order valence-electron chi connectivity index (χ2n) is 5.24. The van der Waals surface area contributed by atoms with Crippen LogP contribution in [0.4, 0.5) is 0 Å². The van der Waals surface area contributed by atoms with Crippen LogP contribution in [0.2, 0.25) is 0 Å². The van der Waals surface area contributed by atoms with Crippen molar-refractivity contribution in [2.75, 3.05) is 0 Å². The fourth-order valence-electron chi connectivity index (χ4n) is 1.82. The van der Waals surface area contributed by atoms with E-state index >= 15 is 0 Å². The van der Waals surface area contributed by atoms with Gasteiger partial charge in [0.1, 0.15) is 0 Å². The Labute approximate surface area is 97.9 Å². The molecule has 0 aliphatic heterocycles. The van der Waals surface area contributed by atoms with Crippen molar-refractivity contribution < 1.29 is 4.79 Å². The summed E-state index contributed by atoms with van der Waals surface area (Å²) in [6.45, 7) is 8.50. The van der Waals surface area contributed by atoms with Crippen LogP contribution in [-0.4, -0.2) is 5.91 Å². The average molecular weight is 219 g/mol. The number of hydrogen-bond acceptors (Lipinski definition) is 1. The summed E-state index contributed by atoms with van der Waals surface area (Å²) in [5, 5.41) is 0. The first-order valence-electron chi connectivity index (χ1n) is 5.76. The number of carbonyl (C=O) groups is 1. The zero-order valence-corrected chi connectivity index (χ0v) is 10.6. The average Bonchev–Trinajstić information content (AvgIpc) is 2.17. The Bertz CT molecular complexity index is 359. The first-order valence-corrected chi connectivity index (χ1v) is 5.76. The summed E-state index contributed by atoms with van der Waals surface area (Å²) < 4.78 is 0. The molecular formula is C14H21NO. The van der Waals surface area contributed by atoms with Crippen LogP contribution in [0.5, 0.6) is 0 Å². The number of carbonyl (C=O) groups excluding carboxylic acids is 1. The normalized spacial score (nSPS) is 13.5. The summed E-state index contributed by atoms with van der Waals surface area (Å²) in [6.07, 6.45) is 0.754. The maximum Gasteiger partial charge on any atom is 0.224 e. The number of hydrogen-bond donors (Lipinski definition) is 1. The van der Waals surface area contributed by atoms with Crippen molar-refractivity contribution in [3.05, 3.63) is 35.4 Å². The molecular weight excluding hydrogens is 198 g/mol. The van der Waals surface area contributed by atoms with Crippen molar-refractivity contribution in [1.82, 2.24) is 0 Å². The molecule has 0 saturated carbocycles. The lowest BCUT2D eigenvalue weighted by molar-refractivity contribution is -0.119. The number of nitrogens with two attached hydrogens (primary N) is 1. The van der Waals surface area contributed by atoms with Gasteiger partial charge in [-0.15, -0.1) is 0 Å². The van der Waals surface area contributed by atoms with Gasteiger partial charge in [0.15, 0.2) is 0 Å². The molecule has 1 amide bonds. The second-order valence-corrected chi connectivity index (χ2v) is 5.24. The van der Waals surface area contributed by atoms with Crippen LogP contribution in [-0.2, 0) is 10.2 Å². The third kappa shape index (κ3) is 2.84. The van der Waals surface area contributed by atoms with Gasteiger partial charge in [0, 0.05) is 0 Å². The van der Waals surface area contributed by atoms with Crippen LogP contribution in [0.3, 0.4) is 0 Å². The third-order valence-electron chi connectivity index (χ3n) is 2.93. The predicted molar refractivity (Wildman–Crippen MR) is 67.4 cm³/mol. The van der Waals surface area contributed by atoms with Crippen LogP contribution >= 0.6 is 0 Å². The molecule has 2 nitrogen and oxygen atoms in total. The van der Waals surface area contributed by atoms with E-state index in [2.05, 4.69) is 32.9 Å². The molecule has 0 bridgehead atoms. The van der Waals surface area contributed by atoms with E-state index in [4.69, 9.17) is 5.73 Å². The molecule has 0 saturated heterocycles. The van der Waals surface area contributed by atoms with Gasteiger partial charge in [-0.2, -0.15) is 0 Å². The van der Waals surface area contributed by atoms with E-state index in [1.165, 1.54) is 5.56 Å². The molecule has 88 valence electrons. The zero-order chi connectivity index (χ0) is 12.3. The first-order chi connectivity index (χ1) is 7.36. The van der Waals surface area contributed by atoms with E-state index in [1.54, 1.807) is 0 Å². The maximum atomic E-state index is 11.2. The first kappa shape index (κ1) is 12.8. The summed E-state index contributed by atoms with van der Waals surface area (Å²) in [4.78, 5) is 11.2. The highest BCUT2D eigenvalue weighted by Crippen LogP contribution is 2.25. The highest BCUT2D eigenvalue weighted by atomic mass is 16.1. The van der Waals surface area contributed by atoms with Crippen LogP contribution in [0.1, 0.15) is 51.2 Å². The highest BCUT2D eigenvalue weighted by Gasteiger charge is 2.17. The molecule has 1 unspecified atom stereocenters. The molecule has 2 heteroatoms. The van der Waals surface area contributed by atoms with Crippen LogP contribution in [0.25, 0.3) is 0 Å². The lowest BCUT2D eigenvalue weighted by atomic mass is 9.85. The molecule has 1 atom stereocenters. The Morgan fingerprint density at radius 3 is 2.06 bits per heavy atom. The maximum absolute atomic E-state index is 11.2. The van der Waals surface area contributed by atoms with E-state index < -0.39 is 0 Å². The molecule has 1 aromatic carbocycles. The Kier molecular flexibility index (Phi) is 3.74. The fraction of sp³-hybridized carbons (Fsp3) is 0.500. The summed E-state index contributed by atoms with van der Waals surface area (Å²) in [7, 11) is 0. The summed E-state index contributed by atoms with van der Waals surface area (Å²) >= 11 is 0. The van der Waals surface area contributed by atoms with E-state index in [0.717, 1.165) is 12.0 Å². The number of benzene rings is 1. The van der Waals surface area contributed by atoms with Gasteiger partial charge in [-0.25, -0.2) is 0 Å². The van der Waals surface area contributed by atoms with Gasteiger partial charge >= 0.3 is 0 Å². The number of amides is 1.